The van der Waals surface area contributed by atoms with E-state index in [2.05, 4.69) is 10.6 Å². The summed E-state index contributed by atoms with van der Waals surface area (Å²) in [6.07, 6.45) is 1.25. The van der Waals surface area contributed by atoms with Crippen molar-refractivity contribution >= 4 is 64.8 Å². The molecule has 5 aliphatic rings. The van der Waals surface area contributed by atoms with Crippen molar-refractivity contribution in [2.45, 2.75) is 144 Å². The fraction of sp³-hybridized carbons (Fsp3) is 0.683. The predicted molar refractivity (Wildman–Crippen MR) is 306 cm³/mol. The molecule has 0 aromatic rings. The van der Waals surface area contributed by atoms with Crippen LogP contribution in [-0.2, 0) is 88.3 Å². The molecule has 1 fully saturated rings. The van der Waals surface area contributed by atoms with Crippen LogP contribution in [0.2, 0.25) is 0 Å². The Morgan fingerprint density at radius 1 is 0.663 bits per heavy atom. The number of methoxy groups -OCH3 is 6. The Bertz CT molecular complexity index is 2750. The molecule has 5 rings (SSSR count). The topological polar surface area (TPSA) is 364 Å². The maximum Gasteiger partial charge on any atom is 3.00 e. The van der Waals surface area contributed by atoms with Crippen molar-refractivity contribution in [2.24, 2.45) is 60.3 Å². The number of hydrogen-bond donors (Lipinski definition) is 4. The number of aliphatic imine (C=N–C) groups is 3. The molecule has 10 atom stereocenters. The summed E-state index contributed by atoms with van der Waals surface area (Å²) in [4.78, 5) is 126. The normalized spacial score (nSPS) is 29.1. The molecule has 26 heteroatoms. The quantitative estimate of drug-likeness (QED) is 0.0385. The number of aliphatic hydroxyl groups excluding tert-OH is 2. The van der Waals surface area contributed by atoms with Crippen LogP contribution in [0.5, 0.6) is 0 Å². The average molecular weight is 1250 g/mol. The molecule has 1 unspecified atom stereocenters. The van der Waals surface area contributed by atoms with Crippen LogP contribution in [0.4, 0.5) is 0 Å². The Morgan fingerprint density at radius 3 is 1.77 bits per heavy atom. The zero-order valence-corrected chi connectivity index (χ0v) is 52.9. The van der Waals surface area contributed by atoms with Crippen LogP contribution < -0.4 is 10.6 Å². The molecule has 0 saturated carbocycles. The van der Waals surface area contributed by atoms with E-state index in [1.165, 1.54) is 35.5 Å². The number of hydrogen-bond acceptors (Lipinski definition) is 22. The minimum absolute atomic E-state index is 0. The zero-order valence-electron chi connectivity index (χ0n) is 51.9. The summed E-state index contributed by atoms with van der Waals surface area (Å²) < 4.78 is 36.7. The van der Waals surface area contributed by atoms with Gasteiger partial charge in [0.25, 0.3) is 0 Å². The first-order chi connectivity index (χ1) is 40.2. The van der Waals surface area contributed by atoms with E-state index in [1.807, 2.05) is 54.5 Å². The van der Waals surface area contributed by atoms with Crippen LogP contribution in [0, 0.1) is 69.0 Å². The molecule has 8 bridgehead atoms. The summed E-state index contributed by atoms with van der Waals surface area (Å²) in [7, 11) is 7.55. The van der Waals surface area contributed by atoms with Gasteiger partial charge in [0.1, 0.15) is 0 Å². The summed E-state index contributed by atoms with van der Waals surface area (Å²) in [5.74, 6) is -7.43. The van der Waals surface area contributed by atoms with Gasteiger partial charge < -0.3 is 83.0 Å². The molecule has 5 heterocycles. The Hall–Kier alpha value is -6.84. The summed E-state index contributed by atoms with van der Waals surface area (Å²) in [5, 5.41) is 43.2. The molecule has 0 radical (unpaired) electrons. The fourth-order valence-corrected chi connectivity index (χ4v) is 13.2. The predicted octanol–water partition coefficient (Wildman–Crippen LogP) is 4.94. The molecule has 0 aromatic carbocycles. The van der Waals surface area contributed by atoms with Crippen molar-refractivity contribution in [2.75, 3.05) is 75.6 Å². The summed E-state index contributed by atoms with van der Waals surface area (Å²) in [5.41, 5.74) is -2.30. The molecule has 1 saturated heterocycles. The van der Waals surface area contributed by atoms with Gasteiger partial charge in [-0.3, -0.25) is 48.5 Å². The van der Waals surface area contributed by atoms with Gasteiger partial charge in [-0.2, -0.15) is 5.70 Å². The molecular weight excluding hydrogens is 1160 g/mol. The van der Waals surface area contributed by atoms with Gasteiger partial charge in [-0.05, 0) is 75.0 Å². The van der Waals surface area contributed by atoms with Crippen molar-refractivity contribution in [1.29, 1.82) is 10.5 Å². The summed E-state index contributed by atoms with van der Waals surface area (Å²) in [6.45, 7) is 24.1. The second-order valence-electron chi connectivity index (χ2n) is 23.0. The Balaban J connectivity index is 0.00000494. The number of aliphatic hydroxyl groups is 2. The maximum atomic E-state index is 14.7. The van der Waals surface area contributed by atoms with E-state index >= 15 is 0 Å². The number of nitrogens with one attached hydrogen (secondary N) is 2. The van der Waals surface area contributed by atoms with Crippen molar-refractivity contribution < 1.29 is 98.5 Å². The van der Waals surface area contributed by atoms with Crippen LogP contribution in [0.1, 0.15) is 126 Å². The molecule has 5 aliphatic heterocycles. The number of carbonyl (C=O) groups excluding carboxylic acids is 8. The van der Waals surface area contributed by atoms with Crippen molar-refractivity contribution in [3.8, 4) is 0 Å². The molecule has 4 N–H and O–H groups in total. The van der Waals surface area contributed by atoms with E-state index in [9.17, 15) is 48.6 Å². The number of nitrogens with zero attached hydrogens (tertiary/aromatic N) is 6. The summed E-state index contributed by atoms with van der Waals surface area (Å²) >= 11 is 0. The second-order valence-corrected chi connectivity index (χ2v) is 23.0. The van der Waals surface area contributed by atoms with Gasteiger partial charge >= 0.3 is 52.6 Å². The number of rotatable bonds is 26. The first-order valence-electron chi connectivity index (χ1n) is 28.0. The van der Waals surface area contributed by atoms with Crippen LogP contribution in [-0.4, -0.2) is 168 Å². The maximum absolute atomic E-state index is 14.7. The number of amides is 2. The van der Waals surface area contributed by atoms with Gasteiger partial charge in [0.15, 0.2) is 6.04 Å². The third-order valence-electron chi connectivity index (χ3n) is 18.1. The Kier molecular flexibility index (Phi) is 28.7. The van der Waals surface area contributed by atoms with Gasteiger partial charge in [0.2, 0.25) is 11.8 Å². The first-order valence-corrected chi connectivity index (χ1v) is 28.0. The van der Waals surface area contributed by atoms with Gasteiger partial charge in [-0.25, -0.2) is 4.79 Å². The van der Waals surface area contributed by atoms with Crippen molar-refractivity contribution in [1.82, 2.24) is 10.6 Å². The third-order valence-corrected chi connectivity index (χ3v) is 18.1. The van der Waals surface area contributed by atoms with Crippen LogP contribution in [0.15, 0.2) is 49.3 Å². The van der Waals surface area contributed by atoms with E-state index in [4.69, 9.17) is 77.1 Å². The number of esters is 6. The molecule has 476 valence electrons. The third kappa shape index (κ3) is 16.0. The molecule has 0 aliphatic carbocycles. The number of fused-ring (bicyclic) bond motifs is 6. The molecule has 25 nitrogen and oxygen atoms in total. The Labute approximate surface area is 514 Å². The monoisotopic (exact) mass is 1250 g/mol. The molecular formula is C60H85CoN8O17. The van der Waals surface area contributed by atoms with Gasteiger partial charge in [-0.1, -0.05) is 40.7 Å². The SMILES string of the molecule is COC(=O)CC[C@@H]1C2=NC(=C\C3=NC(=C(/C)C4=N[C@@](C)(C5[N-]/C(=C\2C)[C@](C)(CCC(=O)OC)[C@H]5CC(=O)OC)[C@@](C)(CC(=O)OC)[C@@H]4CCC(=O)OC)/[C@@](C)(CC(=O)N[C@@H](CO)C(=O)OC)[C@@H]3CCC(=O)NCCOCCO)/C1(C)C.[C-]#N.[C-]#N.[Co+3]. The minimum atomic E-state index is -1.48. The van der Waals surface area contributed by atoms with Gasteiger partial charge in [-0.15, -0.1) is 0 Å². The van der Waals surface area contributed by atoms with E-state index in [-0.39, 0.29) is 120 Å². The smallest absolute Gasteiger partial charge is 0.682 e. The van der Waals surface area contributed by atoms with E-state index in [0.717, 1.165) is 7.11 Å². The van der Waals surface area contributed by atoms with E-state index in [0.29, 0.717) is 45.4 Å². The fourth-order valence-electron chi connectivity index (χ4n) is 13.2. The molecule has 2 amide bonds. The number of carbonyl (C=O) groups is 8. The number of ether oxygens (including phenoxy) is 7. The summed E-state index contributed by atoms with van der Waals surface area (Å²) in [6, 6.07) is -2.41. The van der Waals surface area contributed by atoms with Crippen molar-refractivity contribution in [3.63, 3.8) is 0 Å². The van der Waals surface area contributed by atoms with Crippen LogP contribution >= 0.6 is 0 Å². The second kappa shape index (κ2) is 32.8. The largest absolute Gasteiger partial charge is 3.00 e. The molecule has 86 heavy (non-hydrogen) atoms. The Morgan fingerprint density at radius 2 is 1.22 bits per heavy atom. The van der Waals surface area contributed by atoms with Gasteiger partial charge in [0, 0.05) is 102 Å². The standard InChI is InChI=1S/C58H86N6O17.2CN.Co/c1-32-48-35(16-19-43(69)75-9)54(3,4)40(62-48)28-38-34(15-18-41(67)59-23-25-81-26-24-65)56(6,29-42(68)60-39(31-66)53(74)80-14)51(61-38)33(2)49-36(17-20-44(70)76-10)57(7,30-47(73)79-13)58(8,64-49)52-37(27-46(72)78-12)55(5,50(32)63-52)22-21-45(71)77-11;2*1-2;/h28,34-37,39,52,65-66H,15-27,29-31H2,1-14H3,(H3,59,60,61,62,63,64,67,68);;;/q;2*-1;+3/p-1/t34-,35-,36-,37+,39+,52?,55-,56+,57+,58+;;;/m1.../s1. The minimum Gasteiger partial charge on any atom is -0.682 e. The van der Waals surface area contributed by atoms with Crippen LogP contribution in [0.3, 0.4) is 0 Å². The zero-order chi connectivity index (χ0) is 64.4. The molecule has 0 spiro atoms. The first kappa shape index (κ1) is 75.3. The molecule has 0 aromatic heterocycles. The van der Waals surface area contributed by atoms with Gasteiger partial charge in [0.05, 0.1) is 86.7 Å². The van der Waals surface area contributed by atoms with Crippen molar-refractivity contribution in [3.05, 3.63) is 52.8 Å². The van der Waals surface area contributed by atoms with E-state index in [1.54, 1.807) is 6.92 Å². The average Bonchev–Trinajstić information content (AvgIpc) is 1.59. The van der Waals surface area contributed by atoms with E-state index < -0.39 is 111 Å². The number of allylic oxidation sites excluding steroid dienone is 6. The van der Waals surface area contributed by atoms with Crippen LogP contribution in [0.25, 0.3) is 5.32 Å².